The second kappa shape index (κ2) is 8.51. The Morgan fingerprint density at radius 1 is 1.43 bits per heavy atom. The molecular weight excluding hydrogens is 295 g/mol. The molecule has 7 heteroatoms. The number of rotatable bonds is 7. The molecule has 0 aromatic heterocycles. The average Bonchev–Trinajstić information content (AvgIpc) is 2.40. The van der Waals surface area contributed by atoms with Crippen LogP contribution in [0.1, 0.15) is 30.6 Å². The molecule has 0 spiro atoms. The van der Waals surface area contributed by atoms with Crippen LogP contribution in [0, 0.1) is 5.82 Å². The van der Waals surface area contributed by atoms with Crippen molar-refractivity contribution >= 4 is 29.4 Å². The lowest BCUT2D eigenvalue weighted by atomic mass is 10.1. The number of halogens is 1. The van der Waals surface area contributed by atoms with Crippen molar-refractivity contribution in [1.29, 1.82) is 0 Å². The van der Waals surface area contributed by atoms with Crippen LogP contribution in [-0.2, 0) is 0 Å². The van der Waals surface area contributed by atoms with Crippen LogP contribution in [-0.4, -0.2) is 34.7 Å². The standard InChI is InChI=1S/C14H19FN2O3S/c1-3-21-7-6-9(2)16-14(20)17-12-5-4-10(15)8-11(12)13(18)19/h4-5,8-9H,3,6-7H2,1-2H3,(H,18,19)(H2,16,17,20). The van der Waals surface area contributed by atoms with Crippen molar-refractivity contribution in [3.8, 4) is 0 Å². The number of thioether (sulfide) groups is 1. The molecule has 0 saturated heterocycles. The Hall–Kier alpha value is -1.76. The molecule has 0 fully saturated rings. The van der Waals surface area contributed by atoms with Crippen LogP contribution in [0.2, 0.25) is 0 Å². The highest BCUT2D eigenvalue weighted by molar-refractivity contribution is 7.99. The molecule has 0 aliphatic heterocycles. The van der Waals surface area contributed by atoms with Crippen molar-refractivity contribution in [1.82, 2.24) is 5.32 Å². The van der Waals surface area contributed by atoms with E-state index in [0.29, 0.717) is 0 Å². The number of carboxylic acid groups (broad SMARTS) is 1. The van der Waals surface area contributed by atoms with Crippen molar-refractivity contribution in [2.24, 2.45) is 0 Å². The molecule has 0 heterocycles. The van der Waals surface area contributed by atoms with Crippen molar-refractivity contribution in [2.75, 3.05) is 16.8 Å². The minimum atomic E-state index is -1.29. The van der Waals surface area contributed by atoms with Crippen LogP contribution in [0.3, 0.4) is 0 Å². The quantitative estimate of drug-likeness (QED) is 0.675. The number of carbonyl (C=O) groups excluding carboxylic acids is 1. The Morgan fingerprint density at radius 3 is 2.76 bits per heavy atom. The summed E-state index contributed by atoms with van der Waals surface area (Å²) in [6, 6.07) is 2.68. The van der Waals surface area contributed by atoms with Gasteiger partial charge in [-0.25, -0.2) is 14.0 Å². The number of benzene rings is 1. The molecule has 0 aliphatic carbocycles. The third-order valence-electron chi connectivity index (χ3n) is 2.74. The fourth-order valence-corrected chi connectivity index (χ4v) is 2.47. The number of anilines is 1. The van der Waals surface area contributed by atoms with Crippen molar-refractivity contribution < 1.29 is 19.1 Å². The summed E-state index contributed by atoms with van der Waals surface area (Å²) in [5.41, 5.74) is -0.212. The van der Waals surface area contributed by atoms with Gasteiger partial charge >= 0.3 is 12.0 Å². The van der Waals surface area contributed by atoms with E-state index in [-0.39, 0.29) is 17.3 Å². The number of amides is 2. The molecule has 1 aromatic rings. The number of hydrogen-bond donors (Lipinski definition) is 3. The maximum atomic E-state index is 13.0. The summed E-state index contributed by atoms with van der Waals surface area (Å²) in [7, 11) is 0. The second-order valence-corrected chi connectivity index (χ2v) is 5.87. The summed E-state index contributed by atoms with van der Waals surface area (Å²) in [6.45, 7) is 3.94. The molecule has 0 aliphatic rings. The molecule has 1 aromatic carbocycles. The van der Waals surface area contributed by atoms with Crippen LogP contribution in [0.15, 0.2) is 18.2 Å². The van der Waals surface area contributed by atoms with Crippen LogP contribution >= 0.6 is 11.8 Å². The lowest BCUT2D eigenvalue weighted by molar-refractivity contribution is 0.0697. The lowest BCUT2D eigenvalue weighted by Gasteiger charge is -2.15. The van der Waals surface area contributed by atoms with E-state index in [1.165, 1.54) is 6.07 Å². The first kappa shape index (κ1) is 17.3. The van der Waals surface area contributed by atoms with Gasteiger partial charge in [0, 0.05) is 6.04 Å². The van der Waals surface area contributed by atoms with E-state index in [1.54, 1.807) is 11.8 Å². The molecule has 5 nitrogen and oxygen atoms in total. The smallest absolute Gasteiger partial charge is 0.337 e. The topological polar surface area (TPSA) is 78.4 Å². The third kappa shape index (κ3) is 6.03. The summed E-state index contributed by atoms with van der Waals surface area (Å²) >= 11 is 1.78. The molecule has 1 atom stereocenters. The van der Waals surface area contributed by atoms with Gasteiger partial charge in [-0.2, -0.15) is 11.8 Å². The Morgan fingerprint density at radius 2 is 2.14 bits per heavy atom. The van der Waals surface area contributed by atoms with Gasteiger partial charge in [-0.1, -0.05) is 6.92 Å². The summed E-state index contributed by atoms with van der Waals surface area (Å²) in [5.74, 6) is 0.00577. The lowest BCUT2D eigenvalue weighted by Crippen LogP contribution is -2.36. The maximum Gasteiger partial charge on any atom is 0.337 e. The predicted molar refractivity (Wildman–Crippen MR) is 82.6 cm³/mol. The fourth-order valence-electron chi connectivity index (χ4n) is 1.66. The molecule has 2 amide bonds. The van der Waals surface area contributed by atoms with E-state index < -0.39 is 17.8 Å². The van der Waals surface area contributed by atoms with E-state index in [1.807, 2.05) is 6.92 Å². The Labute approximate surface area is 127 Å². The normalized spacial score (nSPS) is 11.8. The zero-order chi connectivity index (χ0) is 15.8. The second-order valence-electron chi connectivity index (χ2n) is 4.48. The summed E-state index contributed by atoms with van der Waals surface area (Å²) < 4.78 is 13.0. The minimum Gasteiger partial charge on any atom is -0.478 e. The maximum absolute atomic E-state index is 13.0. The predicted octanol–water partition coefficient (Wildman–Crippen LogP) is 3.18. The highest BCUT2D eigenvalue weighted by Crippen LogP contribution is 2.17. The van der Waals surface area contributed by atoms with Gasteiger partial charge in [0.05, 0.1) is 11.3 Å². The summed E-state index contributed by atoms with van der Waals surface area (Å²) in [5, 5.41) is 14.1. The van der Waals surface area contributed by atoms with Crippen molar-refractivity contribution in [2.45, 2.75) is 26.3 Å². The zero-order valence-electron chi connectivity index (χ0n) is 12.0. The van der Waals surface area contributed by atoms with Gasteiger partial charge in [-0.15, -0.1) is 0 Å². The first-order valence-corrected chi connectivity index (χ1v) is 7.77. The van der Waals surface area contributed by atoms with Gasteiger partial charge in [0.2, 0.25) is 0 Å². The molecule has 0 saturated carbocycles. The number of carbonyl (C=O) groups is 2. The Bertz CT molecular complexity index is 511. The summed E-state index contributed by atoms with van der Waals surface area (Å²) in [6.07, 6.45) is 0.821. The van der Waals surface area contributed by atoms with Gasteiger partial charge in [-0.3, -0.25) is 0 Å². The zero-order valence-corrected chi connectivity index (χ0v) is 12.8. The van der Waals surface area contributed by atoms with Crippen LogP contribution in [0.25, 0.3) is 0 Å². The van der Waals surface area contributed by atoms with Gasteiger partial charge < -0.3 is 15.7 Å². The van der Waals surface area contributed by atoms with E-state index in [0.717, 1.165) is 30.1 Å². The Balaban J connectivity index is 2.60. The molecule has 116 valence electrons. The van der Waals surface area contributed by atoms with E-state index >= 15 is 0 Å². The first-order valence-electron chi connectivity index (χ1n) is 6.62. The molecule has 0 bridgehead atoms. The summed E-state index contributed by atoms with van der Waals surface area (Å²) in [4.78, 5) is 22.8. The molecule has 21 heavy (non-hydrogen) atoms. The monoisotopic (exact) mass is 314 g/mol. The van der Waals surface area contributed by atoms with Crippen molar-refractivity contribution in [3.05, 3.63) is 29.6 Å². The van der Waals surface area contributed by atoms with E-state index in [2.05, 4.69) is 17.6 Å². The van der Waals surface area contributed by atoms with Gasteiger partial charge in [-0.05, 0) is 43.0 Å². The molecule has 1 rings (SSSR count). The highest BCUT2D eigenvalue weighted by Gasteiger charge is 2.14. The highest BCUT2D eigenvalue weighted by atomic mass is 32.2. The van der Waals surface area contributed by atoms with Gasteiger partial charge in [0.25, 0.3) is 0 Å². The fraction of sp³-hybridized carbons (Fsp3) is 0.429. The average molecular weight is 314 g/mol. The van der Waals surface area contributed by atoms with Gasteiger partial charge in [0.15, 0.2) is 0 Å². The van der Waals surface area contributed by atoms with Crippen LogP contribution < -0.4 is 10.6 Å². The van der Waals surface area contributed by atoms with Crippen molar-refractivity contribution in [3.63, 3.8) is 0 Å². The molecule has 3 N–H and O–H groups in total. The van der Waals surface area contributed by atoms with Gasteiger partial charge in [0.1, 0.15) is 5.82 Å². The SMILES string of the molecule is CCSCCC(C)NC(=O)Nc1ccc(F)cc1C(=O)O. The molecule has 0 radical (unpaired) electrons. The largest absolute Gasteiger partial charge is 0.478 e. The first-order chi connectivity index (χ1) is 9.93. The van der Waals surface area contributed by atoms with Crippen LogP contribution in [0.5, 0.6) is 0 Å². The number of nitrogens with one attached hydrogen (secondary N) is 2. The number of carboxylic acids is 1. The van der Waals surface area contributed by atoms with E-state index in [9.17, 15) is 14.0 Å². The molecular formula is C14H19FN2O3S. The number of hydrogen-bond acceptors (Lipinski definition) is 3. The van der Waals surface area contributed by atoms with E-state index in [4.69, 9.17) is 5.11 Å². The minimum absolute atomic E-state index is 0.0298. The van der Waals surface area contributed by atoms with Crippen LogP contribution in [0.4, 0.5) is 14.9 Å². The number of urea groups is 1. The Kier molecular flexibility index (Phi) is 7.01. The number of aromatic carboxylic acids is 1. The molecule has 1 unspecified atom stereocenters. The third-order valence-corrected chi connectivity index (χ3v) is 3.67.